The lowest BCUT2D eigenvalue weighted by Gasteiger charge is -2.18. The molecule has 6 nitrogen and oxygen atoms in total. The van der Waals surface area contributed by atoms with Crippen molar-refractivity contribution in [3.05, 3.63) is 36.5 Å². The number of unbranched alkanes of at least 4 members (excludes halogenated alkanes) is 44. The normalized spacial score (nSPS) is 12.2. The van der Waals surface area contributed by atoms with Crippen LogP contribution in [0.5, 0.6) is 0 Å². The summed E-state index contributed by atoms with van der Waals surface area (Å²) in [6.07, 6.45) is 77.5. The standard InChI is InChI=1S/C68H126O6/c1-4-7-10-13-16-19-22-25-27-28-29-30-31-32-33-34-35-36-37-38-39-40-42-43-46-49-52-55-58-61-67(70)73-64-65(63-72-66(69)60-57-54-51-48-45-24-21-18-15-12-9-6-3)74-68(71)62-59-56-53-50-47-44-41-26-23-20-17-14-11-8-5-2/h17-18,20-21,26,41,65H,4-16,19,22-25,27-40,42-64H2,1-3H3/b20-17-,21-18-,41-26-. The monoisotopic (exact) mass is 1040 g/mol. The molecule has 0 heterocycles. The van der Waals surface area contributed by atoms with Crippen LogP contribution >= 0.6 is 0 Å². The van der Waals surface area contributed by atoms with E-state index in [-0.39, 0.29) is 31.1 Å². The fourth-order valence-corrected chi connectivity index (χ4v) is 9.88. The Hall–Kier alpha value is -2.37. The molecule has 74 heavy (non-hydrogen) atoms. The van der Waals surface area contributed by atoms with Gasteiger partial charge in [0.25, 0.3) is 0 Å². The number of allylic oxidation sites excluding steroid dienone is 6. The summed E-state index contributed by atoms with van der Waals surface area (Å²) in [5, 5.41) is 0. The van der Waals surface area contributed by atoms with Crippen molar-refractivity contribution in [3.63, 3.8) is 0 Å². The van der Waals surface area contributed by atoms with E-state index in [0.29, 0.717) is 19.3 Å². The molecule has 0 bridgehead atoms. The smallest absolute Gasteiger partial charge is 0.306 e. The van der Waals surface area contributed by atoms with Gasteiger partial charge < -0.3 is 14.2 Å². The van der Waals surface area contributed by atoms with E-state index in [1.165, 1.54) is 231 Å². The van der Waals surface area contributed by atoms with Crippen molar-refractivity contribution in [3.8, 4) is 0 Å². The molecule has 0 fully saturated rings. The maximum absolute atomic E-state index is 12.9. The van der Waals surface area contributed by atoms with Crippen molar-refractivity contribution in [2.75, 3.05) is 13.2 Å². The Kier molecular flexibility index (Phi) is 61.1. The quantitative estimate of drug-likeness (QED) is 0.0261. The van der Waals surface area contributed by atoms with Gasteiger partial charge in [-0.15, -0.1) is 0 Å². The van der Waals surface area contributed by atoms with Crippen molar-refractivity contribution in [2.24, 2.45) is 0 Å². The van der Waals surface area contributed by atoms with Gasteiger partial charge in [0.05, 0.1) is 0 Å². The molecule has 0 rings (SSSR count). The van der Waals surface area contributed by atoms with Gasteiger partial charge in [0, 0.05) is 19.3 Å². The van der Waals surface area contributed by atoms with Crippen LogP contribution < -0.4 is 0 Å². The average Bonchev–Trinajstić information content (AvgIpc) is 3.40. The highest BCUT2D eigenvalue weighted by Crippen LogP contribution is 2.18. The van der Waals surface area contributed by atoms with Crippen LogP contribution in [-0.2, 0) is 28.6 Å². The van der Waals surface area contributed by atoms with Crippen molar-refractivity contribution >= 4 is 17.9 Å². The third-order valence-electron chi connectivity index (χ3n) is 14.9. The van der Waals surface area contributed by atoms with Gasteiger partial charge in [-0.05, 0) is 77.0 Å². The summed E-state index contributed by atoms with van der Waals surface area (Å²) < 4.78 is 16.9. The molecule has 0 aliphatic rings. The van der Waals surface area contributed by atoms with Gasteiger partial charge in [-0.3, -0.25) is 14.4 Å². The zero-order chi connectivity index (χ0) is 53.6. The van der Waals surface area contributed by atoms with Crippen LogP contribution in [0.1, 0.15) is 361 Å². The van der Waals surface area contributed by atoms with Crippen LogP contribution in [0.3, 0.4) is 0 Å². The minimum atomic E-state index is -0.781. The highest BCUT2D eigenvalue weighted by molar-refractivity contribution is 5.71. The maximum Gasteiger partial charge on any atom is 0.306 e. The van der Waals surface area contributed by atoms with Crippen molar-refractivity contribution in [1.29, 1.82) is 0 Å². The van der Waals surface area contributed by atoms with Crippen LogP contribution in [0.15, 0.2) is 36.5 Å². The van der Waals surface area contributed by atoms with E-state index < -0.39 is 6.10 Å². The Bertz CT molecular complexity index is 1240. The molecule has 0 aromatic heterocycles. The summed E-state index contributed by atoms with van der Waals surface area (Å²) in [7, 11) is 0. The lowest BCUT2D eigenvalue weighted by atomic mass is 10.0. The number of esters is 3. The Morgan fingerprint density at radius 2 is 0.486 bits per heavy atom. The molecule has 0 spiro atoms. The number of rotatable bonds is 61. The Labute approximate surface area is 461 Å². The highest BCUT2D eigenvalue weighted by atomic mass is 16.6. The van der Waals surface area contributed by atoms with Crippen molar-refractivity contribution < 1.29 is 28.6 Å². The van der Waals surface area contributed by atoms with Gasteiger partial charge in [0.15, 0.2) is 6.10 Å². The molecule has 0 radical (unpaired) electrons. The molecule has 1 atom stereocenters. The van der Waals surface area contributed by atoms with Gasteiger partial charge in [-0.1, -0.05) is 301 Å². The Morgan fingerprint density at radius 3 is 0.784 bits per heavy atom. The molecule has 0 amide bonds. The second-order valence-electron chi connectivity index (χ2n) is 22.4. The number of hydrogen-bond donors (Lipinski definition) is 0. The molecule has 0 saturated heterocycles. The first-order valence-electron chi connectivity index (χ1n) is 33.0. The van der Waals surface area contributed by atoms with E-state index in [0.717, 1.165) is 89.9 Å². The second kappa shape index (κ2) is 63.2. The number of ether oxygens (including phenoxy) is 3. The summed E-state index contributed by atoms with van der Waals surface area (Å²) in [6, 6.07) is 0. The van der Waals surface area contributed by atoms with Crippen molar-refractivity contribution in [2.45, 2.75) is 367 Å². The van der Waals surface area contributed by atoms with Gasteiger partial charge in [-0.25, -0.2) is 0 Å². The maximum atomic E-state index is 12.9. The van der Waals surface area contributed by atoms with Gasteiger partial charge >= 0.3 is 17.9 Å². The van der Waals surface area contributed by atoms with Gasteiger partial charge in [0.1, 0.15) is 13.2 Å². The fourth-order valence-electron chi connectivity index (χ4n) is 9.88. The number of hydrogen-bond acceptors (Lipinski definition) is 6. The molecule has 0 N–H and O–H groups in total. The lowest BCUT2D eigenvalue weighted by Crippen LogP contribution is -2.30. The molecular formula is C68H126O6. The first-order valence-corrected chi connectivity index (χ1v) is 33.0. The molecular weight excluding hydrogens is 913 g/mol. The van der Waals surface area contributed by atoms with Gasteiger partial charge in [0.2, 0.25) is 0 Å². The number of carbonyl (C=O) groups excluding carboxylic acids is 3. The molecule has 6 heteroatoms. The molecule has 0 saturated carbocycles. The predicted molar refractivity (Wildman–Crippen MR) is 321 cm³/mol. The van der Waals surface area contributed by atoms with E-state index in [1.807, 2.05) is 0 Å². The summed E-state index contributed by atoms with van der Waals surface area (Å²) in [5.41, 5.74) is 0. The molecule has 0 aliphatic heterocycles. The first kappa shape index (κ1) is 71.6. The summed E-state index contributed by atoms with van der Waals surface area (Å²) >= 11 is 0. The second-order valence-corrected chi connectivity index (χ2v) is 22.4. The Morgan fingerprint density at radius 1 is 0.270 bits per heavy atom. The summed E-state index contributed by atoms with van der Waals surface area (Å²) in [4.78, 5) is 38.2. The zero-order valence-electron chi connectivity index (χ0n) is 49.9. The minimum Gasteiger partial charge on any atom is -0.462 e. The number of carbonyl (C=O) groups is 3. The van der Waals surface area contributed by atoms with Crippen LogP contribution in [0.2, 0.25) is 0 Å². The largest absolute Gasteiger partial charge is 0.462 e. The van der Waals surface area contributed by atoms with E-state index in [9.17, 15) is 14.4 Å². The minimum absolute atomic E-state index is 0.0768. The topological polar surface area (TPSA) is 78.9 Å². The van der Waals surface area contributed by atoms with Crippen LogP contribution in [0, 0.1) is 0 Å². The Balaban J connectivity index is 4.13. The first-order chi connectivity index (χ1) is 36.5. The van der Waals surface area contributed by atoms with Gasteiger partial charge in [-0.2, -0.15) is 0 Å². The van der Waals surface area contributed by atoms with E-state index in [4.69, 9.17) is 14.2 Å². The highest BCUT2D eigenvalue weighted by Gasteiger charge is 2.19. The molecule has 0 aliphatic carbocycles. The molecule has 1 unspecified atom stereocenters. The predicted octanol–water partition coefficient (Wildman–Crippen LogP) is 22.4. The van der Waals surface area contributed by atoms with E-state index in [1.54, 1.807) is 0 Å². The molecule has 0 aromatic rings. The van der Waals surface area contributed by atoms with Crippen LogP contribution in [0.25, 0.3) is 0 Å². The summed E-state index contributed by atoms with van der Waals surface area (Å²) in [6.45, 7) is 6.62. The molecule has 0 aromatic carbocycles. The van der Waals surface area contributed by atoms with E-state index >= 15 is 0 Å². The summed E-state index contributed by atoms with van der Waals surface area (Å²) in [5.74, 6) is -0.880. The SMILES string of the molecule is CCCCC/C=C\C/C=C\CCCCCCCC(=O)OC(COC(=O)CCCCCCC/C=C\CCCCC)COC(=O)CCCCCCCCCCCCCCCCCCCCCCCCCCCCCCC. The van der Waals surface area contributed by atoms with E-state index in [2.05, 4.69) is 57.2 Å². The lowest BCUT2D eigenvalue weighted by molar-refractivity contribution is -0.167. The zero-order valence-corrected chi connectivity index (χ0v) is 49.9. The molecule has 434 valence electrons. The van der Waals surface area contributed by atoms with Crippen LogP contribution in [0.4, 0.5) is 0 Å². The third kappa shape index (κ3) is 60.5. The van der Waals surface area contributed by atoms with Crippen molar-refractivity contribution in [1.82, 2.24) is 0 Å². The average molecular weight is 1040 g/mol. The third-order valence-corrected chi connectivity index (χ3v) is 14.9. The van der Waals surface area contributed by atoms with Crippen LogP contribution in [-0.4, -0.2) is 37.2 Å². The fraction of sp³-hybridized carbons (Fsp3) is 0.868.